The third-order valence-corrected chi connectivity index (χ3v) is 3.32. The molecule has 3 amide bonds. The number of pyridine rings is 1. The van der Waals surface area contributed by atoms with Gasteiger partial charge in [-0.3, -0.25) is 9.88 Å². The largest absolute Gasteiger partial charge is 0.465 e. The number of rotatable bonds is 1. The molecule has 0 radical (unpaired) electrons. The third-order valence-electron chi connectivity index (χ3n) is 3.32. The van der Waals surface area contributed by atoms with Crippen LogP contribution >= 0.6 is 0 Å². The van der Waals surface area contributed by atoms with Crippen LogP contribution in [0.4, 0.5) is 28.4 Å². The highest BCUT2D eigenvalue weighted by Gasteiger charge is 2.60. The van der Waals surface area contributed by atoms with Gasteiger partial charge in [-0.2, -0.15) is 13.2 Å². The molecule has 1 N–H and O–H groups in total. The van der Waals surface area contributed by atoms with Crippen molar-refractivity contribution in [2.24, 2.45) is 0 Å². The summed E-state index contributed by atoms with van der Waals surface area (Å²) in [5.41, 5.74) is -1.11. The van der Waals surface area contributed by atoms with Crippen molar-refractivity contribution >= 4 is 17.8 Å². The second kappa shape index (κ2) is 3.84. The van der Waals surface area contributed by atoms with Gasteiger partial charge in [-0.15, -0.1) is 0 Å². The minimum Gasteiger partial charge on any atom is -0.465 e. The van der Waals surface area contributed by atoms with E-state index in [0.717, 1.165) is 17.2 Å². The number of anilines is 1. The van der Waals surface area contributed by atoms with Crippen LogP contribution in [0.2, 0.25) is 0 Å². The summed E-state index contributed by atoms with van der Waals surface area (Å²) in [5.74, 6) is 0. The van der Waals surface area contributed by atoms with Gasteiger partial charge in [0.1, 0.15) is 5.69 Å². The Labute approximate surface area is 110 Å². The van der Waals surface area contributed by atoms with Gasteiger partial charge in [-0.25, -0.2) is 14.5 Å². The van der Waals surface area contributed by atoms with E-state index in [4.69, 9.17) is 5.11 Å². The molecule has 0 bridgehead atoms. The summed E-state index contributed by atoms with van der Waals surface area (Å²) in [5, 5.41) is 8.92. The van der Waals surface area contributed by atoms with Crippen LogP contribution in [-0.4, -0.2) is 39.2 Å². The van der Waals surface area contributed by atoms with E-state index in [9.17, 15) is 22.8 Å². The number of carboxylic acid groups (broad SMARTS) is 1. The van der Waals surface area contributed by atoms with E-state index in [1.807, 2.05) is 0 Å². The van der Waals surface area contributed by atoms with E-state index in [2.05, 4.69) is 4.98 Å². The minimum absolute atomic E-state index is 0.00794. The van der Waals surface area contributed by atoms with Gasteiger partial charge in [0, 0.05) is 11.9 Å². The summed E-state index contributed by atoms with van der Waals surface area (Å²) >= 11 is 0. The topological polar surface area (TPSA) is 73.7 Å². The maximum absolute atomic E-state index is 12.6. The highest BCUT2D eigenvalue weighted by atomic mass is 19.4. The first kappa shape index (κ1) is 12.7. The fourth-order valence-electron chi connectivity index (χ4n) is 2.37. The number of halogens is 3. The number of amides is 3. The van der Waals surface area contributed by atoms with Crippen LogP contribution in [0.25, 0.3) is 0 Å². The van der Waals surface area contributed by atoms with Crippen LogP contribution in [0.15, 0.2) is 18.3 Å². The highest BCUT2D eigenvalue weighted by Crippen LogP contribution is 2.44. The first-order chi connectivity index (χ1) is 9.30. The van der Waals surface area contributed by atoms with Crippen LogP contribution in [-0.2, 0) is 6.18 Å². The van der Waals surface area contributed by atoms with Gasteiger partial charge in [-0.05, 0) is 18.6 Å². The number of urea groups is 1. The van der Waals surface area contributed by atoms with Crippen LogP contribution in [0.3, 0.4) is 0 Å². The second-order valence-corrected chi connectivity index (χ2v) is 4.57. The zero-order chi connectivity index (χ0) is 14.7. The fraction of sp³-hybridized carbons (Fsp3) is 0.364. The van der Waals surface area contributed by atoms with Gasteiger partial charge < -0.3 is 5.11 Å². The molecule has 1 saturated carbocycles. The Morgan fingerprint density at radius 1 is 1.40 bits per heavy atom. The lowest BCUT2D eigenvalue weighted by Crippen LogP contribution is -2.40. The van der Waals surface area contributed by atoms with Gasteiger partial charge in [0.25, 0.3) is 0 Å². The Balaban J connectivity index is 1.95. The quantitative estimate of drug-likeness (QED) is 0.859. The lowest BCUT2D eigenvalue weighted by molar-refractivity contribution is -0.141. The summed E-state index contributed by atoms with van der Waals surface area (Å²) < 4.78 is 37.8. The monoisotopic (exact) mass is 287 g/mol. The smallest absolute Gasteiger partial charge is 0.433 e. The second-order valence-electron chi connectivity index (χ2n) is 4.57. The number of nitrogens with zero attached hydrogens (tertiary/aromatic N) is 3. The Bertz CT molecular complexity index is 604. The first-order valence-electron chi connectivity index (χ1n) is 5.69. The normalized spacial score (nSPS) is 24.9. The SMILES string of the molecule is O=C(O)N1C(=O)N(c2ccnc(C(F)(F)F)c2)C2CC21. The van der Waals surface area contributed by atoms with Gasteiger partial charge >= 0.3 is 18.3 Å². The molecule has 1 aromatic rings. The standard InChI is InChI=1S/C11H8F3N3O3/c12-11(13,14)8-3-5(1-2-15-8)16-6-4-7(6)17(9(16)18)10(19)20/h1-3,6-7H,4H2,(H,19,20). The molecule has 1 aliphatic heterocycles. The molecule has 9 heteroatoms. The molecule has 2 aliphatic rings. The number of aromatic nitrogens is 1. The lowest BCUT2D eigenvalue weighted by Gasteiger charge is -2.21. The van der Waals surface area contributed by atoms with Crippen molar-refractivity contribution in [1.82, 2.24) is 9.88 Å². The average molecular weight is 287 g/mol. The molecule has 20 heavy (non-hydrogen) atoms. The molecule has 0 aromatic carbocycles. The highest BCUT2D eigenvalue weighted by molar-refractivity contribution is 6.05. The summed E-state index contributed by atoms with van der Waals surface area (Å²) in [6.45, 7) is 0. The zero-order valence-corrected chi connectivity index (χ0v) is 9.83. The molecule has 1 aromatic heterocycles. The van der Waals surface area contributed by atoms with Crippen molar-refractivity contribution in [2.45, 2.75) is 24.7 Å². The summed E-state index contributed by atoms with van der Waals surface area (Å²) in [7, 11) is 0. The van der Waals surface area contributed by atoms with Gasteiger partial charge in [0.05, 0.1) is 12.1 Å². The van der Waals surface area contributed by atoms with Crippen LogP contribution in [0.1, 0.15) is 12.1 Å². The molecule has 1 saturated heterocycles. The molecule has 3 rings (SSSR count). The molecule has 2 heterocycles. The zero-order valence-electron chi connectivity index (χ0n) is 9.83. The number of carbonyl (C=O) groups excluding carboxylic acids is 1. The van der Waals surface area contributed by atoms with E-state index >= 15 is 0 Å². The van der Waals surface area contributed by atoms with Crippen LogP contribution in [0.5, 0.6) is 0 Å². The van der Waals surface area contributed by atoms with E-state index in [0.29, 0.717) is 11.3 Å². The Morgan fingerprint density at radius 2 is 2.10 bits per heavy atom. The number of alkyl halides is 3. The number of fused-ring (bicyclic) bond motifs is 1. The van der Waals surface area contributed by atoms with Crippen molar-refractivity contribution in [1.29, 1.82) is 0 Å². The van der Waals surface area contributed by atoms with Gasteiger partial charge in [-0.1, -0.05) is 0 Å². The summed E-state index contributed by atoms with van der Waals surface area (Å²) in [4.78, 5) is 27.8. The van der Waals surface area contributed by atoms with Crippen molar-refractivity contribution in [3.63, 3.8) is 0 Å². The van der Waals surface area contributed by atoms with Gasteiger partial charge in [0.15, 0.2) is 0 Å². The molecule has 2 fully saturated rings. The first-order valence-corrected chi connectivity index (χ1v) is 5.69. The van der Waals surface area contributed by atoms with Crippen molar-refractivity contribution < 1.29 is 27.9 Å². The molecule has 0 spiro atoms. The van der Waals surface area contributed by atoms with Crippen LogP contribution < -0.4 is 4.90 Å². The molecule has 2 unspecified atom stereocenters. The van der Waals surface area contributed by atoms with Gasteiger partial charge in [0.2, 0.25) is 0 Å². The number of imide groups is 1. The van der Waals surface area contributed by atoms with E-state index in [1.165, 1.54) is 6.07 Å². The minimum atomic E-state index is -4.62. The lowest BCUT2D eigenvalue weighted by atomic mass is 10.3. The maximum Gasteiger partial charge on any atom is 0.433 e. The Morgan fingerprint density at radius 3 is 2.65 bits per heavy atom. The molecule has 6 nitrogen and oxygen atoms in total. The maximum atomic E-state index is 12.6. The molecular weight excluding hydrogens is 279 g/mol. The third kappa shape index (κ3) is 1.77. The number of hydrogen-bond donors (Lipinski definition) is 1. The van der Waals surface area contributed by atoms with Crippen LogP contribution in [0, 0.1) is 0 Å². The predicted octanol–water partition coefficient (Wildman–Crippen LogP) is 2.16. The van der Waals surface area contributed by atoms with E-state index in [1.54, 1.807) is 0 Å². The molecule has 106 valence electrons. The van der Waals surface area contributed by atoms with Crippen molar-refractivity contribution in [3.8, 4) is 0 Å². The number of carbonyl (C=O) groups is 2. The summed E-state index contributed by atoms with van der Waals surface area (Å²) in [6, 6.07) is 0.328. The molecular formula is C11H8F3N3O3. The fourth-order valence-corrected chi connectivity index (χ4v) is 2.37. The van der Waals surface area contributed by atoms with Crippen molar-refractivity contribution in [3.05, 3.63) is 24.0 Å². The summed E-state index contributed by atoms with van der Waals surface area (Å²) in [6.07, 6.45) is -4.63. The number of hydrogen-bond acceptors (Lipinski definition) is 3. The van der Waals surface area contributed by atoms with E-state index in [-0.39, 0.29) is 11.7 Å². The van der Waals surface area contributed by atoms with Crippen molar-refractivity contribution in [2.75, 3.05) is 4.90 Å². The Hall–Kier alpha value is -2.32. The molecule has 1 aliphatic carbocycles. The average Bonchev–Trinajstić information content (AvgIpc) is 3.03. The molecule has 2 atom stereocenters. The Kier molecular flexibility index (Phi) is 2.44. The predicted molar refractivity (Wildman–Crippen MR) is 59.2 cm³/mol. The van der Waals surface area contributed by atoms with E-state index < -0.39 is 30.0 Å².